The first-order chi connectivity index (χ1) is 25.0. The van der Waals surface area contributed by atoms with Crippen molar-refractivity contribution in [3.63, 3.8) is 0 Å². The van der Waals surface area contributed by atoms with E-state index >= 15 is 0 Å². The van der Waals surface area contributed by atoms with Crippen molar-refractivity contribution < 1.29 is 42.9 Å². The first-order valence-corrected chi connectivity index (χ1v) is 22.2. The largest absolute Gasteiger partial charge is 2.00 e. The quantitative estimate of drug-likeness (QED) is 0.0740. The van der Waals surface area contributed by atoms with Gasteiger partial charge in [0.25, 0.3) is 0 Å². The summed E-state index contributed by atoms with van der Waals surface area (Å²) in [6, 6.07) is 35.1. The van der Waals surface area contributed by atoms with Gasteiger partial charge in [-0.15, -0.1) is 35.9 Å². The van der Waals surface area contributed by atoms with Gasteiger partial charge in [0.1, 0.15) is 11.5 Å². The molecule has 0 spiro atoms. The van der Waals surface area contributed by atoms with Crippen LogP contribution in [0, 0.1) is 6.07 Å². The van der Waals surface area contributed by atoms with Crippen molar-refractivity contribution in [1.29, 1.82) is 0 Å². The van der Waals surface area contributed by atoms with Gasteiger partial charge >= 0.3 is 20.4 Å². The molecule has 2 fully saturated rings. The van der Waals surface area contributed by atoms with Crippen LogP contribution in [0.2, 0.25) is 0 Å². The monoisotopic (exact) mass is 849 g/mol. The number of benzene rings is 4. The second-order valence-electron chi connectivity index (χ2n) is 14.2. The van der Waals surface area contributed by atoms with Gasteiger partial charge in [-0.05, 0) is 99.5 Å². The predicted molar refractivity (Wildman–Crippen MR) is 220 cm³/mol. The Labute approximate surface area is 335 Å². The van der Waals surface area contributed by atoms with Gasteiger partial charge in [-0.2, -0.15) is 0 Å². The minimum absolute atomic E-state index is 0. The van der Waals surface area contributed by atoms with E-state index in [1.54, 1.807) is 5.30 Å². The van der Waals surface area contributed by atoms with Crippen molar-refractivity contribution in [2.45, 2.75) is 115 Å². The number of hydrogen-bond acceptors (Lipinski definition) is 6. The Balaban J connectivity index is 0.000000312. The summed E-state index contributed by atoms with van der Waals surface area (Å²) >= 11 is 0. The Morgan fingerprint density at radius 3 is 1.64 bits per heavy atom. The second-order valence-corrected chi connectivity index (χ2v) is 18.4. The van der Waals surface area contributed by atoms with Crippen LogP contribution in [0.15, 0.2) is 91.0 Å². The summed E-state index contributed by atoms with van der Waals surface area (Å²) < 4.78 is 40.0. The normalized spacial score (nSPS) is 15.1. The maximum absolute atomic E-state index is 9.08. The Kier molecular flexibility index (Phi) is 19.1. The molecule has 0 aliphatic heterocycles. The molecule has 6 nitrogen and oxygen atoms in total. The molecule has 2 saturated carbocycles. The molecular formula is C44H58NO5PPdS. The molecule has 0 saturated heterocycles. The minimum atomic E-state index is -3.92. The van der Waals surface area contributed by atoms with E-state index in [4.69, 9.17) is 22.4 Å². The summed E-state index contributed by atoms with van der Waals surface area (Å²) in [5.41, 5.74) is 7.69. The van der Waals surface area contributed by atoms with Crippen molar-refractivity contribution in [1.82, 2.24) is 0 Å². The molecular weight excluding hydrogens is 792 g/mol. The molecule has 2 aliphatic rings. The fourth-order valence-corrected chi connectivity index (χ4v) is 11.2. The van der Waals surface area contributed by atoms with Crippen molar-refractivity contribution in [3.8, 4) is 33.8 Å². The van der Waals surface area contributed by atoms with Crippen molar-refractivity contribution in [2.24, 2.45) is 0 Å². The molecule has 9 heteroatoms. The fourth-order valence-electron chi connectivity index (χ4n) is 7.30. The predicted octanol–water partition coefficient (Wildman–Crippen LogP) is 11.1. The van der Waals surface area contributed by atoms with Gasteiger partial charge in [-0.1, -0.05) is 101 Å². The van der Waals surface area contributed by atoms with Crippen LogP contribution in [-0.4, -0.2) is 49.8 Å². The molecule has 0 radical (unpaired) electrons. The number of ether oxygens (including phenoxy) is 2. The first-order valence-electron chi connectivity index (χ1n) is 18.9. The van der Waals surface area contributed by atoms with Gasteiger partial charge in [-0.25, -0.2) is 8.42 Å². The molecule has 0 heterocycles. The number of rotatable bonds is 10. The SMILES string of the molecule is CC(C)Oc1cccc(OC(C)C)c1-c1ccccc1P(C1CCCCC1)C1CCCCC1.CNc1ccccc1-c1[c-]cccc1.CS(=O)(=O)[O-].[Pd+2]. The maximum Gasteiger partial charge on any atom is 2.00 e. The van der Waals surface area contributed by atoms with E-state index in [1.807, 2.05) is 37.4 Å². The number of para-hydroxylation sites is 1. The first kappa shape index (κ1) is 44.7. The Morgan fingerprint density at radius 1 is 0.698 bits per heavy atom. The van der Waals surface area contributed by atoms with Crippen molar-refractivity contribution in [2.75, 3.05) is 18.6 Å². The summed E-state index contributed by atoms with van der Waals surface area (Å²) in [6.07, 6.45) is 15.0. The van der Waals surface area contributed by atoms with Gasteiger partial charge in [-0.3, -0.25) is 0 Å². The maximum atomic E-state index is 9.08. The molecule has 4 aromatic rings. The van der Waals surface area contributed by atoms with E-state index in [1.165, 1.54) is 75.3 Å². The van der Waals surface area contributed by atoms with Crippen LogP contribution >= 0.6 is 7.92 Å². The zero-order valence-electron chi connectivity index (χ0n) is 32.3. The van der Waals surface area contributed by atoms with Gasteiger partial charge in [0.15, 0.2) is 0 Å². The van der Waals surface area contributed by atoms with Crippen LogP contribution in [0.3, 0.4) is 0 Å². The Bertz CT molecular complexity index is 1700. The van der Waals surface area contributed by atoms with Gasteiger partial charge in [0, 0.05) is 13.3 Å². The third-order valence-corrected chi connectivity index (χ3v) is 12.8. The van der Waals surface area contributed by atoms with Crippen LogP contribution in [0.5, 0.6) is 11.5 Å². The van der Waals surface area contributed by atoms with E-state index in [9.17, 15) is 0 Å². The third-order valence-electron chi connectivity index (χ3n) is 9.30. The minimum Gasteiger partial charge on any atom is -0.748 e. The molecule has 53 heavy (non-hydrogen) atoms. The zero-order valence-corrected chi connectivity index (χ0v) is 35.5. The summed E-state index contributed by atoms with van der Waals surface area (Å²) in [4.78, 5) is 0. The molecule has 2 aliphatic carbocycles. The molecule has 0 atom stereocenters. The molecule has 0 unspecified atom stereocenters. The van der Waals surface area contributed by atoms with Gasteiger partial charge in [0.05, 0.1) is 27.9 Å². The van der Waals surface area contributed by atoms with Gasteiger partial charge in [0.2, 0.25) is 0 Å². The number of anilines is 1. The fraction of sp³-hybridized carbons (Fsp3) is 0.455. The Hall–Kier alpha value is -2.72. The topological polar surface area (TPSA) is 87.7 Å². The number of nitrogens with one attached hydrogen (secondary N) is 1. The molecule has 0 amide bonds. The second kappa shape index (κ2) is 22.6. The standard InChI is InChI=1S/C30H43O2P.C13H12N.CH4O3S.Pd/c1-22(2)31-27-19-13-20-28(32-23(3)4)30(27)26-18-11-12-21-29(26)33(24-14-7-5-8-15-24)25-16-9-6-10-17-25;1-14-13-10-6-5-9-12(13)11-7-3-2-4-8-11;1-5(2,3)4;/h11-13,18-25H,5-10,14-17H2,1-4H3;2-7,9-10,14H,1H3;1H3,(H,2,3,4);/q;-1;;+2/p-1. The van der Waals surface area contributed by atoms with Crippen molar-refractivity contribution in [3.05, 3.63) is 97.1 Å². The molecule has 0 aromatic heterocycles. The average molecular weight is 850 g/mol. The van der Waals surface area contributed by atoms with Crippen LogP contribution in [0.4, 0.5) is 5.69 Å². The van der Waals surface area contributed by atoms with E-state index < -0.39 is 10.1 Å². The van der Waals surface area contributed by atoms with Crippen molar-refractivity contribution >= 4 is 29.0 Å². The molecule has 0 bridgehead atoms. The van der Waals surface area contributed by atoms with E-state index in [0.29, 0.717) is 6.26 Å². The molecule has 4 aromatic carbocycles. The van der Waals surface area contributed by atoms with Crippen LogP contribution < -0.4 is 20.1 Å². The zero-order chi connectivity index (χ0) is 37.5. The van der Waals surface area contributed by atoms with E-state index in [0.717, 1.165) is 39.6 Å². The molecule has 1 N–H and O–H groups in total. The van der Waals surface area contributed by atoms with E-state index in [-0.39, 0.29) is 40.6 Å². The van der Waals surface area contributed by atoms with Crippen LogP contribution in [0.1, 0.15) is 91.9 Å². The third kappa shape index (κ3) is 14.5. The molecule has 6 rings (SSSR count). The average Bonchev–Trinajstić information content (AvgIpc) is 3.13. The van der Waals surface area contributed by atoms with Crippen LogP contribution in [-0.2, 0) is 30.5 Å². The number of hydrogen-bond donors (Lipinski definition) is 1. The molecule has 290 valence electrons. The summed E-state index contributed by atoms with van der Waals surface area (Å²) in [5.74, 6) is 1.91. The van der Waals surface area contributed by atoms with Crippen LogP contribution in [0.25, 0.3) is 22.3 Å². The van der Waals surface area contributed by atoms with Gasteiger partial charge < -0.3 is 19.3 Å². The Morgan fingerprint density at radius 2 is 1.17 bits per heavy atom. The smallest absolute Gasteiger partial charge is 0.748 e. The summed E-state index contributed by atoms with van der Waals surface area (Å²) in [7, 11) is -2.20. The van der Waals surface area contributed by atoms with E-state index in [2.05, 4.69) is 99.7 Å². The summed E-state index contributed by atoms with van der Waals surface area (Å²) in [5, 5.41) is 4.77. The summed E-state index contributed by atoms with van der Waals surface area (Å²) in [6.45, 7) is 8.45.